The van der Waals surface area contributed by atoms with Crippen molar-refractivity contribution in [2.45, 2.75) is 37.7 Å². The summed E-state index contributed by atoms with van der Waals surface area (Å²) in [4.78, 5) is 11.0. The van der Waals surface area contributed by atoms with E-state index in [4.69, 9.17) is 5.11 Å². The summed E-state index contributed by atoms with van der Waals surface area (Å²) in [6.45, 7) is 3.60. The molecular weight excluding hydrogens is 252 g/mol. The lowest BCUT2D eigenvalue weighted by atomic mass is 10.1. The van der Waals surface area contributed by atoms with Crippen molar-refractivity contribution < 1.29 is 18.3 Å². The molecular formula is C13H18O4S. The van der Waals surface area contributed by atoms with Crippen LogP contribution in [0, 0.1) is 6.92 Å². The fraction of sp³-hybridized carbons (Fsp3) is 0.462. The zero-order chi connectivity index (χ0) is 13.8. The molecule has 1 rings (SSSR count). The summed E-state index contributed by atoms with van der Waals surface area (Å²) >= 11 is 0. The van der Waals surface area contributed by atoms with Crippen LogP contribution >= 0.6 is 0 Å². The molecule has 1 atom stereocenters. The average Bonchev–Trinajstić information content (AvgIpc) is 2.28. The van der Waals surface area contributed by atoms with Gasteiger partial charge >= 0.3 is 5.97 Å². The van der Waals surface area contributed by atoms with Crippen LogP contribution in [0.5, 0.6) is 0 Å². The molecule has 5 heteroatoms. The van der Waals surface area contributed by atoms with E-state index in [0.29, 0.717) is 12.0 Å². The van der Waals surface area contributed by atoms with Crippen molar-refractivity contribution >= 4 is 15.8 Å². The molecule has 0 bridgehead atoms. The number of aryl methyl sites for hydroxylation is 1. The molecule has 1 aromatic rings. The molecule has 0 radical (unpaired) electrons. The largest absolute Gasteiger partial charge is 0.480 e. The topological polar surface area (TPSA) is 71.4 Å². The first-order chi connectivity index (χ1) is 8.38. The van der Waals surface area contributed by atoms with Crippen LogP contribution in [0.1, 0.15) is 30.9 Å². The normalized spacial score (nSPS) is 13.2. The molecule has 100 valence electrons. The van der Waals surface area contributed by atoms with Gasteiger partial charge in [0.1, 0.15) is 0 Å². The van der Waals surface area contributed by atoms with Gasteiger partial charge in [0.2, 0.25) is 0 Å². The van der Waals surface area contributed by atoms with Crippen LogP contribution in [-0.2, 0) is 20.4 Å². The third-order valence-corrected chi connectivity index (χ3v) is 4.90. The van der Waals surface area contributed by atoms with Crippen molar-refractivity contribution in [3.63, 3.8) is 0 Å². The predicted octanol–water partition coefficient (Wildman–Crippen LogP) is 2.16. The molecule has 0 saturated carbocycles. The third-order valence-electron chi connectivity index (χ3n) is 2.88. The standard InChI is InChI=1S/C13H18O4S/c1-3-6-12(13(14)15)18(16,17)9-11-8-5-4-7-10(11)2/h4-5,7-8,12H,3,6,9H2,1-2H3,(H,14,15). The number of rotatable bonds is 6. The number of hydrogen-bond donors (Lipinski definition) is 1. The van der Waals surface area contributed by atoms with Gasteiger partial charge in [-0.25, -0.2) is 8.42 Å². The Morgan fingerprint density at radius 2 is 1.94 bits per heavy atom. The van der Waals surface area contributed by atoms with Gasteiger partial charge in [-0.2, -0.15) is 0 Å². The summed E-state index contributed by atoms with van der Waals surface area (Å²) in [5, 5.41) is 7.70. The molecule has 0 aromatic heterocycles. The number of benzene rings is 1. The summed E-state index contributed by atoms with van der Waals surface area (Å²) in [6.07, 6.45) is 0.688. The van der Waals surface area contributed by atoms with Crippen molar-refractivity contribution in [1.29, 1.82) is 0 Å². The van der Waals surface area contributed by atoms with E-state index in [1.54, 1.807) is 19.1 Å². The molecule has 1 N–H and O–H groups in total. The van der Waals surface area contributed by atoms with Gasteiger partial charge in [0.25, 0.3) is 0 Å². The lowest BCUT2D eigenvalue weighted by molar-refractivity contribution is -0.136. The van der Waals surface area contributed by atoms with Gasteiger partial charge < -0.3 is 5.11 Å². The first-order valence-electron chi connectivity index (χ1n) is 5.87. The Morgan fingerprint density at radius 3 is 2.44 bits per heavy atom. The highest BCUT2D eigenvalue weighted by atomic mass is 32.2. The Kier molecular flexibility index (Phi) is 4.90. The first kappa shape index (κ1) is 14.7. The third kappa shape index (κ3) is 3.57. The Balaban J connectivity index is 3.00. The molecule has 0 amide bonds. The van der Waals surface area contributed by atoms with Crippen LogP contribution in [0.2, 0.25) is 0 Å². The van der Waals surface area contributed by atoms with Crippen molar-refractivity contribution in [3.05, 3.63) is 35.4 Å². The Morgan fingerprint density at radius 1 is 1.33 bits per heavy atom. The van der Waals surface area contributed by atoms with E-state index in [9.17, 15) is 13.2 Å². The summed E-state index contributed by atoms with van der Waals surface area (Å²) in [5.41, 5.74) is 1.53. The molecule has 0 aliphatic heterocycles. The van der Waals surface area contributed by atoms with Gasteiger partial charge in [-0.1, -0.05) is 37.6 Å². The number of hydrogen-bond acceptors (Lipinski definition) is 3. The van der Waals surface area contributed by atoms with Crippen LogP contribution in [-0.4, -0.2) is 24.7 Å². The lowest BCUT2D eigenvalue weighted by Crippen LogP contribution is -2.31. The van der Waals surface area contributed by atoms with Crippen molar-refractivity contribution in [3.8, 4) is 0 Å². The number of carbonyl (C=O) groups is 1. The zero-order valence-electron chi connectivity index (χ0n) is 10.6. The van der Waals surface area contributed by atoms with E-state index in [1.165, 1.54) is 0 Å². The van der Waals surface area contributed by atoms with Crippen LogP contribution in [0.4, 0.5) is 0 Å². The minimum atomic E-state index is -3.66. The van der Waals surface area contributed by atoms with Gasteiger partial charge in [-0.15, -0.1) is 0 Å². The van der Waals surface area contributed by atoms with Crippen LogP contribution in [0.15, 0.2) is 24.3 Å². The second-order valence-electron chi connectivity index (χ2n) is 4.35. The molecule has 0 spiro atoms. The highest BCUT2D eigenvalue weighted by Crippen LogP contribution is 2.18. The quantitative estimate of drug-likeness (QED) is 0.860. The second-order valence-corrected chi connectivity index (χ2v) is 6.53. The summed E-state index contributed by atoms with van der Waals surface area (Å²) in [7, 11) is -3.66. The average molecular weight is 270 g/mol. The molecule has 4 nitrogen and oxygen atoms in total. The van der Waals surface area contributed by atoms with Gasteiger partial charge in [-0.05, 0) is 24.5 Å². The Labute approximate surface area is 108 Å². The van der Waals surface area contributed by atoms with Gasteiger partial charge in [0.05, 0.1) is 5.75 Å². The minimum absolute atomic E-state index is 0.156. The molecule has 1 aromatic carbocycles. The van der Waals surface area contributed by atoms with E-state index in [0.717, 1.165) is 5.56 Å². The smallest absolute Gasteiger partial charge is 0.321 e. The fourth-order valence-electron chi connectivity index (χ4n) is 1.81. The molecule has 0 aliphatic rings. The predicted molar refractivity (Wildman–Crippen MR) is 70.1 cm³/mol. The molecule has 18 heavy (non-hydrogen) atoms. The number of aliphatic carboxylic acids is 1. The summed E-state index contributed by atoms with van der Waals surface area (Å²) < 4.78 is 24.2. The second kappa shape index (κ2) is 6.00. The van der Waals surface area contributed by atoms with Crippen molar-refractivity contribution in [1.82, 2.24) is 0 Å². The van der Waals surface area contributed by atoms with Crippen molar-refractivity contribution in [2.24, 2.45) is 0 Å². The van der Waals surface area contributed by atoms with Gasteiger partial charge in [0, 0.05) is 0 Å². The summed E-state index contributed by atoms with van der Waals surface area (Å²) in [6, 6.07) is 7.12. The lowest BCUT2D eigenvalue weighted by Gasteiger charge is -2.13. The fourth-order valence-corrected chi connectivity index (χ4v) is 3.67. The molecule has 0 saturated heterocycles. The van der Waals surface area contributed by atoms with Crippen LogP contribution < -0.4 is 0 Å². The van der Waals surface area contributed by atoms with E-state index in [2.05, 4.69) is 0 Å². The van der Waals surface area contributed by atoms with E-state index in [1.807, 2.05) is 19.1 Å². The zero-order valence-corrected chi connectivity index (χ0v) is 11.4. The maximum absolute atomic E-state index is 12.1. The Bertz CT molecular complexity index is 520. The summed E-state index contributed by atoms with van der Waals surface area (Å²) in [5.74, 6) is -1.47. The molecule has 0 fully saturated rings. The van der Waals surface area contributed by atoms with Gasteiger partial charge in [0.15, 0.2) is 15.1 Å². The van der Waals surface area contributed by atoms with Gasteiger partial charge in [-0.3, -0.25) is 4.79 Å². The Hall–Kier alpha value is -1.36. The number of carboxylic acids is 1. The SMILES string of the molecule is CCCC(C(=O)O)S(=O)(=O)Cc1ccccc1C. The highest BCUT2D eigenvalue weighted by molar-refractivity contribution is 7.92. The maximum Gasteiger partial charge on any atom is 0.321 e. The van der Waals surface area contributed by atoms with Crippen molar-refractivity contribution in [2.75, 3.05) is 0 Å². The number of carboxylic acid groups (broad SMARTS) is 1. The molecule has 0 heterocycles. The minimum Gasteiger partial charge on any atom is -0.480 e. The maximum atomic E-state index is 12.1. The molecule has 0 aliphatic carbocycles. The van der Waals surface area contributed by atoms with E-state index >= 15 is 0 Å². The first-order valence-corrected chi connectivity index (χ1v) is 7.59. The van der Waals surface area contributed by atoms with E-state index in [-0.39, 0.29) is 12.2 Å². The number of sulfone groups is 1. The van der Waals surface area contributed by atoms with Crippen LogP contribution in [0.25, 0.3) is 0 Å². The van der Waals surface area contributed by atoms with Crippen LogP contribution in [0.3, 0.4) is 0 Å². The molecule has 1 unspecified atom stereocenters. The monoisotopic (exact) mass is 270 g/mol. The highest BCUT2D eigenvalue weighted by Gasteiger charge is 2.31. The van der Waals surface area contributed by atoms with E-state index < -0.39 is 21.1 Å².